The van der Waals surface area contributed by atoms with Gasteiger partial charge in [-0.2, -0.15) is 0 Å². The number of benzene rings is 2. The van der Waals surface area contributed by atoms with Crippen molar-refractivity contribution < 1.29 is 9.59 Å². The first-order valence-corrected chi connectivity index (χ1v) is 9.27. The number of nitrogens with one attached hydrogen (secondary N) is 1. The molecule has 0 radical (unpaired) electrons. The standard InChI is InChI=1S/C20H20Cl2N2O2/c1-12(2)13-6-8-15(9-7-13)24-11-14(10-18(24)25)20(26)23-17-5-3-4-16(21)19(17)22/h3-9,12,14H,10-11H2,1-2H3,(H,23,26). The van der Waals surface area contributed by atoms with Gasteiger partial charge in [0.25, 0.3) is 0 Å². The fourth-order valence-electron chi connectivity index (χ4n) is 3.01. The zero-order valence-electron chi connectivity index (χ0n) is 14.6. The van der Waals surface area contributed by atoms with Crippen LogP contribution >= 0.6 is 23.2 Å². The topological polar surface area (TPSA) is 49.4 Å². The molecule has 0 aromatic heterocycles. The van der Waals surface area contributed by atoms with Gasteiger partial charge in [-0.15, -0.1) is 0 Å². The monoisotopic (exact) mass is 390 g/mol. The maximum atomic E-state index is 12.6. The minimum Gasteiger partial charge on any atom is -0.324 e. The highest BCUT2D eigenvalue weighted by molar-refractivity contribution is 6.44. The smallest absolute Gasteiger partial charge is 0.229 e. The highest BCUT2D eigenvalue weighted by Crippen LogP contribution is 2.31. The third kappa shape index (κ3) is 3.87. The summed E-state index contributed by atoms with van der Waals surface area (Å²) in [6, 6.07) is 13.0. The van der Waals surface area contributed by atoms with Crippen molar-refractivity contribution in [3.8, 4) is 0 Å². The number of rotatable bonds is 4. The number of amides is 2. The Morgan fingerprint density at radius 2 is 1.85 bits per heavy atom. The van der Waals surface area contributed by atoms with Crippen LogP contribution in [0.1, 0.15) is 31.7 Å². The van der Waals surface area contributed by atoms with Crippen LogP contribution in [0.5, 0.6) is 0 Å². The first-order valence-electron chi connectivity index (χ1n) is 8.52. The van der Waals surface area contributed by atoms with E-state index in [1.54, 1.807) is 23.1 Å². The summed E-state index contributed by atoms with van der Waals surface area (Å²) in [7, 11) is 0. The Morgan fingerprint density at radius 3 is 2.50 bits per heavy atom. The maximum Gasteiger partial charge on any atom is 0.229 e. The molecule has 1 heterocycles. The summed E-state index contributed by atoms with van der Waals surface area (Å²) in [4.78, 5) is 26.6. The van der Waals surface area contributed by atoms with E-state index >= 15 is 0 Å². The van der Waals surface area contributed by atoms with Crippen LogP contribution in [-0.4, -0.2) is 18.4 Å². The van der Waals surface area contributed by atoms with E-state index in [0.29, 0.717) is 28.2 Å². The van der Waals surface area contributed by atoms with Gasteiger partial charge in [-0.25, -0.2) is 0 Å². The highest BCUT2D eigenvalue weighted by Gasteiger charge is 2.35. The molecule has 0 aliphatic carbocycles. The predicted octanol–water partition coefficient (Wildman–Crippen LogP) is 5.11. The van der Waals surface area contributed by atoms with Crippen LogP contribution in [-0.2, 0) is 9.59 Å². The Labute approximate surface area is 163 Å². The van der Waals surface area contributed by atoms with Crippen molar-refractivity contribution in [2.75, 3.05) is 16.8 Å². The molecule has 1 unspecified atom stereocenters. The van der Waals surface area contributed by atoms with E-state index in [1.807, 2.05) is 24.3 Å². The van der Waals surface area contributed by atoms with Crippen molar-refractivity contribution in [1.29, 1.82) is 0 Å². The Bertz CT molecular complexity index is 834. The Morgan fingerprint density at radius 1 is 1.15 bits per heavy atom. The zero-order valence-corrected chi connectivity index (χ0v) is 16.1. The van der Waals surface area contributed by atoms with Gasteiger partial charge in [-0.1, -0.05) is 55.2 Å². The molecule has 1 atom stereocenters. The van der Waals surface area contributed by atoms with Gasteiger partial charge in [0.1, 0.15) is 0 Å². The first kappa shape index (κ1) is 18.7. The molecule has 136 valence electrons. The molecule has 1 saturated heterocycles. The lowest BCUT2D eigenvalue weighted by Gasteiger charge is -2.18. The molecule has 2 aromatic carbocycles. The summed E-state index contributed by atoms with van der Waals surface area (Å²) in [6.45, 7) is 4.60. The molecule has 3 rings (SSSR count). The summed E-state index contributed by atoms with van der Waals surface area (Å²) in [5.74, 6) is -0.287. The Kier molecular flexibility index (Phi) is 5.54. The van der Waals surface area contributed by atoms with Crippen LogP contribution in [0, 0.1) is 5.92 Å². The van der Waals surface area contributed by atoms with Crippen LogP contribution < -0.4 is 10.2 Å². The Hall–Kier alpha value is -2.04. The summed E-state index contributed by atoms with van der Waals surface area (Å²) in [5.41, 5.74) is 2.48. The van der Waals surface area contributed by atoms with Crippen LogP contribution in [0.25, 0.3) is 0 Å². The quantitative estimate of drug-likeness (QED) is 0.788. The SMILES string of the molecule is CC(C)c1ccc(N2CC(C(=O)Nc3cccc(Cl)c3Cl)CC2=O)cc1. The summed E-state index contributed by atoms with van der Waals surface area (Å²) in [5, 5.41) is 3.45. The summed E-state index contributed by atoms with van der Waals surface area (Å²) >= 11 is 12.1. The zero-order chi connectivity index (χ0) is 18.8. The van der Waals surface area contributed by atoms with Crippen molar-refractivity contribution in [3.05, 3.63) is 58.1 Å². The van der Waals surface area contributed by atoms with E-state index < -0.39 is 5.92 Å². The molecule has 0 spiro atoms. The van der Waals surface area contributed by atoms with Gasteiger partial charge in [0, 0.05) is 18.7 Å². The second-order valence-electron chi connectivity index (χ2n) is 6.74. The second-order valence-corrected chi connectivity index (χ2v) is 7.53. The minimum absolute atomic E-state index is 0.0559. The first-order chi connectivity index (χ1) is 12.4. The molecule has 0 saturated carbocycles. The molecule has 1 aliphatic heterocycles. The maximum absolute atomic E-state index is 12.6. The van der Waals surface area contributed by atoms with Gasteiger partial charge in [0.15, 0.2) is 0 Å². The highest BCUT2D eigenvalue weighted by atomic mass is 35.5. The van der Waals surface area contributed by atoms with Gasteiger partial charge in [-0.05, 0) is 35.7 Å². The largest absolute Gasteiger partial charge is 0.324 e. The van der Waals surface area contributed by atoms with E-state index in [0.717, 1.165) is 5.69 Å². The Balaban J connectivity index is 1.70. The van der Waals surface area contributed by atoms with Crippen molar-refractivity contribution in [3.63, 3.8) is 0 Å². The third-order valence-electron chi connectivity index (χ3n) is 4.58. The van der Waals surface area contributed by atoms with Gasteiger partial charge >= 0.3 is 0 Å². The van der Waals surface area contributed by atoms with Crippen LogP contribution in [0.2, 0.25) is 10.0 Å². The molecule has 6 heteroatoms. The van der Waals surface area contributed by atoms with Crippen LogP contribution in [0.3, 0.4) is 0 Å². The molecular weight excluding hydrogens is 371 g/mol. The van der Waals surface area contributed by atoms with Gasteiger partial charge in [0.2, 0.25) is 11.8 Å². The van der Waals surface area contributed by atoms with E-state index in [9.17, 15) is 9.59 Å². The normalized spacial score (nSPS) is 17.0. The number of nitrogens with zero attached hydrogens (tertiary/aromatic N) is 1. The van der Waals surface area contributed by atoms with Crippen molar-refractivity contribution >= 4 is 46.4 Å². The van der Waals surface area contributed by atoms with Gasteiger partial charge < -0.3 is 10.2 Å². The second kappa shape index (κ2) is 7.68. The molecule has 2 aromatic rings. The van der Waals surface area contributed by atoms with Crippen LogP contribution in [0.4, 0.5) is 11.4 Å². The molecular formula is C20H20Cl2N2O2. The fraction of sp³-hybridized carbons (Fsp3) is 0.300. The van der Waals surface area contributed by atoms with Crippen LogP contribution in [0.15, 0.2) is 42.5 Å². The predicted molar refractivity (Wildman–Crippen MR) is 106 cm³/mol. The van der Waals surface area contributed by atoms with E-state index in [4.69, 9.17) is 23.2 Å². The fourth-order valence-corrected chi connectivity index (χ4v) is 3.35. The third-order valence-corrected chi connectivity index (χ3v) is 5.40. The number of carbonyl (C=O) groups excluding carboxylic acids is 2. The summed E-state index contributed by atoms with van der Waals surface area (Å²) < 4.78 is 0. The van der Waals surface area contributed by atoms with E-state index in [1.165, 1.54) is 5.56 Å². The molecule has 1 N–H and O–H groups in total. The lowest BCUT2D eigenvalue weighted by Crippen LogP contribution is -2.28. The van der Waals surface area contributed by atoms with Crippen molar-refractivity contribution in [2.45, 2.75) is 26.2 Å². The van der Waals surface area contributed by atoms with E-state index in [2.05, 4.69) is 19.2 Å². The van der Waals surface area contributed by atoms with Crippen molar-refractivity contribution in [1.82, 2.24) is 0 Å². The lowest BCUT2D eigenvalue weighted by atomic mass is 10.0. The number of carbonyl (C=O) groups is 2. The van der Waals surface area contributed by atoms with E-state index in [-0.39, 0.29) is 18.2 Å². The lowest BCUT2D eigenvalue weighted by molar-refractivity contribution is -0.122. The average Bonchev–Trinajstić information content (AvgIpc) is 3.01. The average molecular weight is 391 g/mol. The molecule has 1 aliphatic rings. The minimum atomic E-state index is -0.428. The van der Waals surface area contributed by atoms with Gasteiger partial charge in [0.05, 0.1) is 21.7 Å². The number of halogens is 2. The number of hydrogen-bond acceptors (Lipinski definition) is 2. The summed E-state index contributed by atoms with van der Waals surface area (Å²) in [6.07, 6.45) is 0.177. The molecule has 0 bridgehead atoms. The number of anilines is 2. The van der Waals surface area contributed by atoms with Crippen molar-refractivity contribution in [2.24, 2.45) is 5.92 Å². The van der Waals surface area contributed by atoms with Gasteiger partial charge in [-0.3, -0.25) is 9.59 Å². The molecule has 26 heavy (non-hydrogen) atoms. The number of hydrogen-bond donors (Lipinski definition) is 1. The molecule has 2 amide bonds. The molecule has 4 nitrogen and oxygen atoms in total. The molecule has 1 fully saturated rings.